The Morgan fingerprint density at radius 3 is 2.53 bits per heavy atom. The fourth-order valence-corrected chi connectivity index (χ4v) is 5.17. The van der Waals surface area contributed by atoms with E-state index in [1.54, 1.807) is 42.5 Å². The maximum atomic E-state index is 13.0. The molecular weight excluding hydrogens is 428 g/mol. The first kappa shape index (κ1) is 22.0. The predicted molar refractivity (Wildman–Crippen MR) is 128 cm³/mol. The number of ketones is 1. The van der Waals surface area contributed by atoms with Crippen molar-refractivity contribution >= 4 is 17.7 Å². The molecule has 0 saturated carbocycles. The third kappa shape index (κ3) is 3.80. The zero-order valence-corrected chi connectivity index (χ0v) is 18.7. The molecule has 3 N–H and O–H groups in total. The van der Waals surface area contributed by atoms with E-state index in [0.717, 1.165) is 13.0 Å². The minimum Gasteiger partial charge on any atom is -0.480 e. The molecule has 0 spiro atoms. The molecule has 0 radical (unpaired) electrons. The van der Waals surface area contributed by atoms with E-state index in [1.165, 1.54) is 11.1 Å². The van der Waals surface area contributed by atoms with Gasteiger partial charge in [0.15, 0.2) is 5.78 Å². The normalized spacial score (nSPS) is 20.1. The lowest BCUT2D eigenvalue weighted by molar-refractivity contribution is -0.140. The number of nitrogens with one attached hydrogen (secondary N) is 2. The number of carboxylic acid groups (broad SMARTS) is 1. The zero-order chi connectivity index (χ0) is 23.7. The van der Waals surface area contributed by atoms with Gasteiger partial charge in [0.2, 0.25) is 5.91 Å². The van der Waals surface area contributed by atoms with E-state index in [4.69, 9.17) is 0 Å². The first-order valence-corrected chi connectivity index (χ1v) is 11.6. The van der Waals surface area contributed by atoms with Gasteiger partial charge in [-0.25, -0.2) is 0 Å². The molecule has 2 aliphatic rings. The van der Waals surface area contributed by atoms with Crippen LogP contribution in [0.3, 0.4) is 0 Å². The van der Waals surface area contributed by atoms with Crippen molar-refractivity contribution in [1.82, 2.24) is 10.6 Å². The van der Waals surface area contributed by atoms with Crippen LogP contribution in [0.4, 0.5) is 0 Å². The van der Waals surface area contributed by atoms with Crippen molar-refractivity contribution in [3.05, 3.63) is 106 Å². The van der Waals surface area contributed by atoms with Crippen molar-refractivity contribution in [2.75, 3.05) is 13.1 Å². The molecule has 3 aromatic rings. The maximum Gasteiger partial charge on any atom is 0.318 e. The summed E-state index contributed by atoms with van der Waals surface area (Å²) < 4.78 is 0. The van der Waals surface area contributed by atoms with Crippen molar-refractivity contribution in [3.8, 4) is 0 Å². The van der Waals surface area contributed by atoms with Crippen LogP contribution in [0.25, 0.3) is 0 Å². The van der Waals surface area contributed by atoms with E-state index in [-0.39, 0.29) is 30.6 Å². The summed E-state index contributed by atoms with van der Waals surface area (Å²) in [7, 11) is 0. The maximum absolute atomic E-state index is 13.0. The number of carboxylic acids is 1. The highest BCUT2D eigenvalue weighted by molar-refractivity contribution is 6.14. The Labute approximate surface area is 198 Å². The Kier molecular flexibility index (Phi) is 5.75. The summed E-state index contributed by atoms with van der Waals surface area (Å²) in [5, 5.41) is 16.5. The Balaban J connectivity index is 1.27. The SMILES string of the molecule is O=C(CC[C@]1(C(=O)O)c2cccc(C(=O)c3ccccc3)c21)NC[C@@H]1NCCc2ccccc21. The molecule has 6 heteroatoms. The molecule has 172 valence electrons. The summed E-state index contributed by atoms with van der Waals surface area (Å²) in [6.45, 7) is 1.30. The molecule has 1 amide bonds. The summed E-state index contributed by atoms with van der Waals surface area (Å²) in [4.78, 5) is 38.1. The van der Waals surface area contributed by atoms with Gasteiger partial charge in [0.05, 0.1) is 0 Å². The van der Waals surface area contributed by atoms with Gasteiger partial charge in [-0.2, -0.15) is 0 Å². The number of aliphatic carboxylic acids is 1. The third-order valence-corrected chi connectivity index (χ3v) is 6.98. The van der Waals surface area contributed by atoms with Crippen LogP contribution in [0, 0.1) is 0 Å². The standard InChI is InChI=1S/C28H26N2O4/c31-24(30-17-23-20-10-5-4-7-18(20)14-16-29-23)13-15-28(27(33)34)22-12-6-11-21(25(22)28)26(32)19-8-2-1-3-9-19/h1-12,23,29H,13-17H2,(H,30,31)(H,33,34)/t23-,28-/m0/s1. The lowest BCUT2D eigenvalue weighted by atomic mass is 9.92. The summed E-state index contributed by atoms with van der Waals surface area (Å²) in [6, 6.07) is 22.2. The van der Waals surface area contributed by atoms with Crippen LogP contribution in [-0.2, 0) is 21.4 Å². The molecule has 0 aromatic heterocycles. The highest BCUT2D eigenvalue weighted by Gasteiger charge is 2.58. The molecule has 0 saturated heterocycles. The van der Waals surface area contributed by atoms with Crippen LogP contribution in [0.1, 0.15) is 57.1 Å². The molecule has 0 unspecified atom stereocenters. The minimum absolute atomic E-state index is 0.0375. The molecule has 2 atom stereocenters. The molecule has 0 fully saturated rings. The smallest absolute Gasteiger partial charge is 0.318 e. The number of benzene rings is 3. The lowest BCUT2D eigenvalue weighted by Crippen LogP contribution is -2.39. The van der Waals surface area contributed by atoms with Gasteiger partial charge in [0, 0.05) is 30.1 Å². The summed E-state index contributed by atoms with van der Waals surface area (Å²) in [5.41, 5.74) is 3.26. The molecule has 5 rings (SSSR count). The molecule has 6 nitrogen and oxygen atoms in total. The second kappa shape index (κ2) is 8.88. The molecule has 0 bridgehead atoms. The van der Waals surface area contributed by atoms with Gasteiger partial charge in [0.1, 0.15) is 5.41 Å². The van der Waals surface area contributed by atoms with E-state index < -0.39 is 11.4 Å². The van der Waals surface area contributed by atoms with Crippen molar-refractivity contribution < 1.29 is 19.5 Å². The fourth-order valence-electron chi connectivity index (χ4n) is 5.17. The Hall–Kier alpha value is -3.77. The van der Waals surface area contributed by atoms with Gasteiger partial charge < -0.3 is 15.7 Å². The van der Waals surface area contributed by atoms with Crippen LogP contribution >= 0.6 is 0 Å². The number of carbonyl (C=O) groups is 3. The Bertz CT molecular complexity index is 1270. The van der Waals surface area contributed by atoms with Crippen molar-refractivity contribution in [1.29, 1.82) is 0 Å². The quantitative estimate of drug-likeness (QED) is 0.454. The van der Waals surface area contributed by atoms with E-state index in [1.807, 2.05) is 18.2 Å². The van der Waals surface area contributed by atoms with Gasteiger partial charge in [0.25, 0.3) is 0 Å². The zero-order valence-electron chi connectivity index (χ0n) is 18.7. The molecule has 1 aliphatic carbocycles. The molecule has 34 heavy (non-hydrogen) atoms. The van der Waals surface area contributed by atoms with Crippen LogP contribution in [0.5, 0.6) is 0 Å². The summed E-state index contributed by atoms with van der Waals surface area (Å²) in [5.74, 6) is -1.42. The van der Waals surface area contributed by atoms with Crippen molar-refractivity contribution in [2.24, 2.45) is 0 Å². The first-order valence-electron chi connectivity index (χ1n) is 11.6. The molecule has 1 heterocycles. The number of hydrogen-bond acceptors (Lipinski definition) is 4. The predicted octanol–water partition coefficient (Wildman–Crippen LogP) is 3.39. The number of carbonyl (C=O) groups excluding carboxylic acids is 2. The Morgan fingerprint density at radius 2 is 1.74 bits per heavy atom. The largest absolute Gasteiger partial charge is 0.480 e. The topological polar surface area (TPSA) is 95.5 Å². The second-order valence-electron chi connectivity index (χ2n) is 8.89. The van der Waals surface area contributed by atoms with Crippen LogP contribution in [0.15, 0.2) is 72.8 Å². The van der Waals surface area contributed by atoms with Gasteiger partial charge in [-0.15, -0.1) is 0 Å². The van der Waals surface area contributed by atoms with E-state index in [2.05, 4.69) is 22.8 Å². The van der Waals surface area contributed by atoms with Crippen molar-refractivity contribution in [3.63, 3.8) is 0 Å². The van der Waals surface area contributed by atoms with E-state index >= 15 is 0 Å². The first-order chi connectivity index (χ1) is 16.5. The molecule has 1 aliphatic heterocycles. The average molecular weight is 455 g/mol. The van der Waals surface area contributed by atoms with Gasteiger partial charge >= 0.3 is 5.97 Å². The third-order valence-electron chi connectivity index (χ3n) is 6.98. The van der Waals surface area contributed by atoms with Crippen molar-refractivity contribution in [2.45, 2.75) is 30.7 Å². The van der Waals surface area contributed by atoms with Crippen LogP contribution in [0.2, 0.25) is 0 Å². The average Bonchev–Trinajstić information content (AvgIpc) is 3.55. The number of amides is 1. The summed E-state index contributed by atoms with van der Waals surface area (Å²) in [6.07, 6.45) is 1.15. The number of hydrogen-bond donors (Lipinski definition) is 3. The van der Waals surface area contributed by atoms with Crippen LogP contribution < -0.4 is 10.6 Å². The van der Waals surface area contributed by atoms with E-state index in [0.29, 0.717) is 28.8 Å². The van der Waals surface area contributed by atoms with Crippen LogP contribution in [-0.4, -0.2) is 35.9 Å². The monoisotopic (exact) mass is 454 g/mol. The van der Waals surface area contributed by atoms with E-state index in [9.17, 15) is 19.5 Å². The highest BCUT2D eigenvalue weighted by Crippen LogP contribution is 2.55. The Morgan fingerprint density at radius 1 is 0.971 bits per heavy atom. The number of fused-ring (bicyclic) bond motifs is 2. The molecular formula is C28H26N2O4. The second-order valence-corrected chi connectivity index (χ2v) is 8.89. The minimum atomic E-state index is -1.28. The lowest BCUT2D eigenvalue weighted by Gasteiger charge is -2.27. The van der Waals surface area contributed by atoms with Gasteiger partial charge in [-0.1, -0.05) is 72.8 Å². The molecule has 3 aromatic carbocycles. The number of rotatable bonds is 8. The highest BCUT2D eigenvalue weighted by atomic mass is 16.4. The van der Waals surface area contributed by atoms with Gasteiger partial charge in [-0.05, 0) is 41.6 Å². The fraction of sp³-hybridized carbons (Fsp3) is 0.250. The van der Waals surface area contributed by atoms with Gasteiger partial charge in [-0.3, -0.25) is 14.4 Å². The summed E-state index contributed by atoms with van der Waals surface area (Å²) >= 11 is 0.